The quantitative estimate of drug-likeness (QED) is 0.891. The monoisotopic (exact) mass is 283 g/mol. The largest absolute Gasteiger partial charge is 0.366 e. The Morgan fingerprint density at radius 1 is 1.05 bits per heavy atom. The standard InChI is InChI=1S/C15H10FN3O2/c16-12-5-4-8(7-17)6-11(12)13-9(14(18)20)2-1-3-10(13)15(19)21/h1-6H,(H2,18,20)(H2,19,21). The van der Waals surface area contributed by atoms with E-state index in [9.17, 15) is 14.0 Å². The zero-order valence-electron chi connectivity index (χ0n) is 10.8. The van der Waals surface area contributed by atoms with Gasteiger partial charge in [0.25, 0.3) is 0 Å². The van der Waals surface area contributed by atoms with Gasteiger partial charge in [-0.15, -0.1) is 0 Å². The molecule has 2 rings (SSSR count). The molecule has 21 heavy (non-hydrogen) atoms. The lowest BCUT2D eigenvalue weighted by Crippen LogP contribution is -2.18. The Bertz CT molecular complexity index is 762. The average Bonchev–Trinajstić information content (AvgIpc) is 2.46. The molecule has 5 nitrogen and oxygen atoms in total. The predicted octanol–water partition coefficient (Wildman–Crippen LogP) is 1.56. The predicted molar refractivity (Wildman–Crippen MR) is 73.6 cm³/mol. The minimum absolute atomic E-state index is 0.00731. The molecule has 104 valence electrons. The van der Waals surface area contributed by atoms with Crippen LogP contribution >= 0.6 is 0 Å². The number of carbonyl (C=O) groups is 2. The normalized spacial score (nSPS) is 9.90. The van der Waals surface area contributed by atoms with Crippen LogP contribution in [0.15, 0.2) is 36.4 Å². The van der Waals surface area contributed by atoms with Gasteiger partial charge in [-0.2, -0.15) is 5.26 Å². The van der Waals surface area contributed by atoms with Gasteiger partial charge < -0.3 is 11.5 Å². The van der Waals surface area contributed by atoms with Crippen LogP contribution in [-0.4, -0.2) is 11.8 Å². The van der Waals surface area contributed by atoms with Crippen LogP contribution in [0.2, 0.25) is 0 Å². The summed E-state index contributed by atoms with van der Waals surface area (Å²) in [7, 11) is 0. The average molecular weight is 283 g/mol. The second kappa shape index (κ2) is 5.43. The van der Waals surface area contributed by atoms with Crippen molar-refractivity contribution < 1.29 is 14.0 Å². The summed E-state index contributed by atoms with van der Waals surface area (Å²) in [4.78, 5) is 23.0. The van der Waals surface area contributed by atoms with Crippen LogP contribution in [0, 0.1) is 17.1 Å². The van der Waals surface area contributed by atoms with Crippen molar-refractivity contribution in [3.63, 3.8) is 0 Å². The molecule has 4 N–H and O–H groups in total. The van der Waals surface area contributed by atoms with Gasteiger partial charge in [-0.1, -0.05) is 6.07 Å². The summed E-state index contributed by atoms with van der Waals surface area (Å²) in [5, 5.41) is 8.90. The van der Waals surface area contributed by atoms with Gasteiger partial charge in [0.2, 0.25) is 11.8 Å². The van der Waals surface area contributed by atoms with E-state index < -0.39 is 17.6 Å². The van der Waals surface area contributed by atoms with Crippen molar-refractivity contribution in [1.29, 1.82) is 5.26 Å². The third-order valence-electron chi connectivity index (χ3n) is 2.96. The van der Waals surface area contributed by atoms with E-state index in [1.165, 1.54) is 30.3 Å². The number of hydrogen-bond acceptors (Lipinski definition) is 3. The fraction of sp³-hybridized carbons (Fsp3) is 0. The SMILES string of the molecule is N#Cc1ccc(F)c(-c2c(C(N)=O)cccc2C(N)=O)c1. The molecule has 2 aromatic carbocycles. The van der Waals surface area contributed by atoms with Gasteiger partial charge in [-0.05, 0) is 30.3 Å². The fourth-order valence-corrected chi connectivity index (χ4v) is 2.04. The Kier molecular flexibility index (Phi) is 3.67. The van der Waals surface area contributed by atoms with Crippen molar-refractivity contribution in [2.24, 2.45) is 11.5 Å². The molecule has 0 heterocycles. The molecule has 0 spiro atoms. The van der Waals surface area contributed by atoms with Gasteiger partial charge in [0.15, 0.2) is 0 Å². The fourth-order valence-electron chi connectivity index (χ4n) is 2.04. The molecule has 0 aliphatic heterocycles. The number of primary amides is 2. The van der Waals surface area contributed by atoms with E-state index in [-0.39, 0.29) is 27.8 Å². The Hall–Kier alpha value is -3.20. The zero-order valence-corrected chi connectivity index (χ0v) is 10.8. The maximum atomic E-state index is 14.1. The molecular weight excluding hydrogens is 273 g/mol. The zero-order chi connectivity index (χ0) is 15.6. The summed E-state index contributed by atoms with van der Waals surface area (Å²) in [6.45, 7) is 0. The number of nitriles is 1. The number of nitrogens with two attached hydrogens (primary N) is 2. The molecule has 2 amide bonds. The molecule has 6 heteroatoms. The van der Waals surface area contributed by atoms with Gasteiger partial charge in [-0.25, -0.2) is 4.39 Å². The lowest BCUT2D eigenvalue weighted by molar-refractivity contribution is 0.0999. The molecule has 0 saturated heterocycles. The van der Waals surface area contributed by atoms with Crippen molar-refractivity contribution >= 4 is 11.8 Å². The highest BCUT2D eigenvalue weighted by Gasteiger charge is 2.20. The van der Waals surface area contributed by atoms with Crippen molar-refractivity contribution in [3.05, 3.63) is 58.9 Å². The molecule has 0 saturated carbocycles. The molecule has 0 aromatic heterocycles. The lowest BCUT2D eigenvalue weighted by atomic mass is 9.92. The number of halogens is 1. The van der Waals surface area contributed by atoms with E-state index in [1.54, 1.807) is 0 Å². The van der Waals surface area contributed by atoms with Crippen LogP contribution in [0.5, 0.6) is 0 Å². The van der Waals surface area contributed by atoms with Crippen molar-refractivity contribution in [1.82, 2.24) is 0 Å². The molecular formula is C15H10FN3O2. The lowest BCUT2D eigenvalue weighted by Gasteiger charge is -2.12. The first-order chi connectivity index (χ1) is 9.95. The molecule has 2 aromatic rings. The first-order valence-electron chi connectivity index (χ1n) is 5.88. The summed E-state index contributed by atoms with van der Waals surface area (Å²) in [6, 6.07) is 9.62. The smallest absolute Gasteiger partial charge is 0.249 e. The minimum atomic E-state index is -0.824. The Morgan fingerprint density at radius 2 is 1.62 bits per heavy atom. The van der Waals surface area contributed by atoms with E-state index >= 15 is 0 Å². The number of benzene rings is 2. The first kappa shape index (κ1) is 14.2. The minimum Gasteiger partial charge on any atom is -0.366 e. The van der Waals surface area contributed by atoms with Crippen molar-refractivity contribution in [2.75, 3.05) is 0 Å². The molecule has 0 fully saturated rings. The van der Waals surface area contributed by atoms with Crippen LogP contribution < -0.4 is 11.5 Å². The highest BCUT2D eigenvalue weighted by molar-refractivity contribution is 6.08. The summed E-state index contributed by atoms with van der Waals surface area (Å²) in [6.07, 6.45) is 0. The molecule has 0 unspecified atom stereocenters. The number of amides is 2. The summed E-state index contributed by atoms with van der Waals surface area (Å²) in [5.41, 5.74) is 10.5. The Balaban J connectivity index is 2.88. The third kappa shape index (κ3) is 2.58. The van der Waals surface area contributed by atoms with Crippen LogP contribution in [0.1, 0.15) is 26.3 Å². The van der Waals surface area contributed by atoms with E-state index in [0.29, 0.717) is 0 Å². The maximum absolute atomic E-state index is 14.1. The first-order valence-corrected chi connectivity index (χ1v) is 5.88. The third-order valence-corrected chi connectivity index (χ3v) is 2.96. The summed E-state index contributed by atoms with van der Waals surface area (Å²) >= 11 is 0. The van der Waals surface area contributed by atoms with E-state index in [0.717, 1.165) is 6.07 Å². The summed E-state index contributed by atoms with van der Waals surface area (Å²) in [5.74, 6) is -2.34. The van der Waals surface area contributed by atoms with Gasteiger partial charge in [0.05, 0.1) is 11.6 Å². The van der Waals surface area contributed by atoms with Gasteiger partial charge in [-0.3, -0.25) is 9.59 Å². The molecule has 0 aliphatic rings. The van der Waals surface area contributed by atoms with Crippen molar-refractivity contribution in [3.8, 4) is 17.2 Å². The number of carbonyl (C=O) groups excluding carboxylic acids is 2. The highest BCUT2D eigenvalue weighted by Crippen LogP contribution is 2.30. The van der Waals surface area contributed by atoms with Crippen LogP contribution in [-0.2, 0) is 0 Å². The Labute approximate surface area is 119 Å². The molecule has 0 bridgehead atoms. The topological polar surface area (TPSA) is 110 Å². The van der Waals surface area contributed by atoms with Crippen molar-refractivity contribution in [2.45, 2.75) is 0 Å². The van der Waals surface area contributed by atoms with Gasteiger partial charge in [0.1, 0.15) is 5.82 Å². The van der Waals surface area contributed by atoms with Crippen LogP contribution in [0.3, 0.4) is 0 Å². The van der Waals surface area contributed by atoms with Crippen LogP contribution in [0.4, 0.5) is 4.39 Å². The number of rotatable bonds is 3. The maximum Gasteiger partial charge on any atom is 0.249 e. The Morgan fingerprint density at radius 3 is 2.10 bits per heavy atom. The van der Waals surface area contributed by atoms with Gasteiger partial charge in [0, 0.05) is 22.3 Å². The van der Waals surface area contributed by atoms with E-state index in [4.69, 9.17) is 16.7 Å². The van der Waals surface area contributed by atoms with Gasteiger partial charge >= 0.3 is 0 Å². The number of hydrogen-bond donors (Lipinski definition) is 2. The van der Waals surface area contributed by atoms with Crippen LogP contribution in [0.25, 0.3) is 11.1 Å². The highest BCUT2D eigenvalue weighted by atomic mass is 19.1. The molecule has 0 radical (unpaired) electrons. The second-order valence-electron chi connectivity index (χ2n) is 4.26. The van der Waals surface area contributed by atoms with E-state index in [2.05, 4.69) is 0 Å². The molecule has 0 atom stereocenters. The second-order valence-corrected chi connectivity index (χ2v) is 4.26. The molecule has 0 aliphatic carbocycles. The van der Waals surface area contributed by atoms with E-state index in [1.807, 2.05) is 6.07 Å². The summed E-state index contributed by atoms with van der Waals surface area (Å²) < 4.78 is 14.1. The number of nitrogens with zero attached hydrogens (tertiary/aromatic N) is 1.